The van der Waals surface area contributed by atoms with Gasteiger partial charge in [0.1, 0.15) is 0 Å². The van der Waals surface area contributed by atoms with E-state index in [4.69, 9.17) is 5.11 Å². The second-order valence-electron chi connectivity index (χ2n) is 8.52. The minimum Gasteiger partial charge on any atom is -0.481 e. The Morgan fingerprint density at radius 2 is 1.03 bits per heavy atom. The summed E-state index contributed by atoms with van der Waals surface area (Å²) in [6, 6.07) is 24.7. The smallest absolute Gasteiger partial charge is 0.303 e. The molecule has 0 aliphatic heterocycles. The molecule has 0 aliphatic carbocycles. The Kier molecular flexibility index (Phi) is 2.96. The normalized spacial score (nSPS) is 12.7. The molecule has 7 rings (SSSR count). The molecule has 0 atom stereocenters. The number of hydrogen-bond donors (Lipinski definition) is 1. The highest BCUT2D eigenvalue weighted by Gasteiger charge is 2.21. The van der Waals surface area contributed by atoms with Crippen LogP contribution >= 0.6 is 0 Å². The molecular formula is C28H18O2. The van der Waals surface area contributed by atoms with Crippen LogP contribution in [0.25, 0.3) is 64.6 Å². The Hall–Kier alpha value is -3.65. The van der Waals surface area contributed by atoms with Crippen molar-refractivity contribution in [3.05, 3.63) is 72.3 Å². The zero-order valence-electron chi connectivity index (χ0n) is 16.3. The van der Waals surface area contributed by atoms with E-state index in [0.29, 0.717) is 6.42 Å². The monoisotopic (exact) mass is 386 g/mol. The number of carboxylic acids is 1. The summed E-state index contributed by atoms with van der Waals surface area (Å²) in [7, 11) is 0. The van der Waals surface area contributed by atoms with Gasteiger partial charge >= 0.3 is 5.97 Å². The van der Waals surface area contributed by atoms with Gasteiger partial charge in [-0.15, -0.1) is 0 Å². The molecule has 0 amide bonds. The standard InChI is InChI=1S/C28H18O2/c29-22(30)3-1-2-19-14-20-11-10-17-7-5-15-4-6-16-8-9-18-12-13-21(19)28-26(18)24(16)23(15)25(17)27(20)28/h4-14H,1-3H2,(H,29,30). The Balaban J connectivity index is 1.74. The largest absolute Gasteiger partial charge is 0.481 e. The molecule has 0 saturated carbocycles. The zero-order valence-corrected chi connectivity index (χ0v) is 16.3. The topological polar surface area (TPSA) is 37.3 Å². The number of aliphatic carboxylic acids is 1. The first-order valence-corrected chi connectivity index (χ1v) is 10.5. The van der Waals surface area contributed by atoms with E-state index in [0.717, 1.165) is 6.42 Å². The Bertz CT molecular complexity index is 1680. The Morgan fingerprint density at radius 3 is 1.57 bits per heavy atom. The summed E-state index contributed by atoms with van der Waals surface area (Å²) in [4.78, 5) is 11.1. The van der Waals surface area contributed by atoms with E-state index in [1.807, 2.05) is 0 Å². The number of rotatable bonds is 4. The van der Waals surface area contributed by atoms with Crippen LogP contribution in [0.3, 0.4) is 0 Å². The summed E-state index contributed by atoms with van der Waals surface area (Å²) in [5.41, 5.74) is 1.25. The van der Waals surface area contributed by atoms with E-state index in [2.05, 4.69) is 66.7 Å². The lowest BCUT2D eigenvalue weighted by molar-refractivity contribution is -0.137. The molecular weight excluding hydrogens is 368 g/mol. The summed E-state index contributed by atoms with van der Waals surface area (Å²) in [6.07, 6.45) is 1.65. The first kappa shape index (κ1) is 16.2. The van der Waals surface area contributed by atoms with Crippen LogP contribution in [0.15, 0.2) is 66.7 Å². The third-order valence-electron chi connectivity index (χ3n) is 6.92. The molecule has 0 saturated heterocycles. The van der Waals surface area contributed by atoms with Crippen molar-refractivity contribution < 1.29 is 9.90 Å². The quantitative estimate of drug-likeness (QED) is 0.254. The van der Waals surface area contributed by atoms with E-state index >= 15 is 0 Å². The molecule has 0 heterocycles. The van der Waals surface area contributed by atoms with Crippen LogP contribution in [0.5, 0.6) is 0 Å². The van der Waals surface area contributed by atoms with E-state index in [1.165, 1.54) is 70.2 Å². The highest BCUT2D eigenvalue weighted by molar-refractivity contribution is 6.44. The SMILES string of the molecule is O=C(O)CCCc1cc2ccc3ccc4ccc5ccc6ccc1c1c6c5c4c3c21. The number of benzene rings is 7. The third-order valence-corrected chi connectivity index (χ3v) is 6.92. The van der Waals surface area contributed by atoms with Crippen molar-refractivity contribution in [2.24, 2.45) is 0 Å². The lowest BCUT2D eigenvalue weighted by atomic mass is 9.81. The molecule has 0 unspecified atom stereocenters. The van der Waals surface area contributed by atoms with Gasteiger partial charge in [0.05, 0.1) is 0 Å². The molecule has 0 aliphatic rings. The predicted molar refractivity (Wildman–Crippen MR) is 126 cm³/mol. The maximum atomic E-state index is 11.1. The summed E-state index contributed by atoms with van der Waals surface area (Å²) in [5, 5.41) is 24.9. The lowest BCUT2D eigenvalue weighted by Crippen LogP contribution is -1.98. The highest BCUT2D eigenvalue weighted by Crippen LogP contribution is 2.48. The Morgan fingerprint density at radius 1 is 0.600 bits per heavy atom. The molecule has 2 heteroatoms. The minimum atomic E-state index is -0.726. The molecule has 0 spiro atoms. The molecule has 30 heavy (non-hydrogen) atoms. The lowest BCUT2D eigenvalue weighted by Gasteiger charge is -2.22. The minimum absolute atomic E-state index is 0.207. The van der Waals surface area contributed by atoms with Crippen LogP contribution in [-0.4, -0.2) is 11.1 Å². The van der Waals surface area contributed by atoms with Gasteiger partial charge in [-0.3, -0.25) is 4.79 Å². The van der Waals surface area contributed by atoms with Crippen LogP contribution in [0.4, 0.5) is 0 Å². The second kappa shape index (κ2) is 5.48. The van der Waals surface area contributed by atoms with Crippen LogP contribution in [0.2, 0.25) is 0 Å². The van der Waals surface area contributed by atoms with Gasteiger partial charge in [-0.05, 0) is 83.0 Å². The molecule has 7 aromatic rings. The van der Waals surface area contributed by atoms with Crippen molar-refractivity contribution in [1.29, 1.82) is 0 Å². The van der Waals surface area contributed by atoms with Crippen LogP contribution in [0, 0.1) is 0 Å². The maximum absolute atomic E-state index is 11.1. The second-order valence-corrected chi connectivity index (χ2v) is 8.52. The van der Waals surface area contributed by atoms with Crippen molar-refractivity contribution in [3.8, 4) is 0 Å². The van der Waals surface area contributed by atoms with Crippen LogP contribution < -0.4 is 0 Å². The number of aryl methyl sites for hydroxylation is 1. The van der Waals surface area contributed by atoms with E-state index < -0.39 is 5.97 Å². The first-order valence-electron chi connectivity index (χ1n) is 10.5. The van der Waals surface area contributed by atoms with E-state index in [9.17, 15) is 4.79 Å². The molecule has 2 nitrogen and oxygen atoms in total. The molecule has 1 N–H and O–H groups in total. The summed E-state index contributed by atoms with van der Waals surface area (Å²) in [6.45, 7) is 0. The van der Waals surface area contributed by atoms with Gasteiger partial charge in [0.15, 0.2) is 0 Å². The van der Waals surface area contributed by atoms with Crippen molar-refractivity contribution in [2.75, 3.05) is 0 Å². The van der Waals surface area contributed by atoms with Gasteiger partial charge in [-0.25, -0.2) is 0 Å². The van der Waals surface area contributed by atoms with Crippen molar-refractivity contribution >= 4 is 70.6 Å². The third kappa shape index (κ3) is 1.91. The Labute approximate surface area is 172 Å². The molecule has 0 radical (unpaired) electrons. The van der Waals surface area contributed by atoms with Gasteiger partial charge in [0.2, 0.25) is 0 Å². The van der Waals surface area contributed by atoms with Gasteiger partial charge in [-0.2, -0.15) is 0 Å². The molecule has 7 aromatic carbocycles. The summed E-state index contributed by atoms with van der Waals surface area (Å²) < 4.78 is 0. The van der Waals surface area contributed by atoms with Crippen LogP contribution in [0.1, 0.15) is 18.4 Å². The molecule has 0 bridgehead atoms. The van der Waals surface area contributed by atoms with Gasteiger partial charge in [0.25, 0.3) is 0 Å². The van der Waals surface area contributed by atoms with Gasteiger partial charge in [0, 0.05) is 6.42 Å². The zero-order chi connectivity index (χ0) is 20.0. The predicted octanol–water partition coefficient (Wildman–Crippen LogP) is 7.33. The fourth-order valence-electron chi connectivity index (χ4n) is 5.70. The van der Waals surface area contributed by atoms with Gasteiger partial charge < -0.3 is 5.11 Å². The van der Waals surface area contributed by atoms with E-state index in [1.54, 1.807) is 0 Å². The van der Waals surface area contributed by atoms with Crippen LogP contribution in [-0.2, 0) is 11.2 Å². The first-order chi connectivity index (χ1) is 14.7. The average molecular weight is 386 g/mol. The fourth-order valence-corrected chi connectivity index (χ4v) is 5.70. The summed E-state index contributed by atoms with van der Waals surface area (Å²) >= 11 is 0. The van der Waals surface area contributed by atoms with Crippen molar-refractivity contribution in [3.63, 3.8) is 0 Å². The summed E-state index contributed by atoms with van der Waals surface area (Å²) in [5.74, 6) is -0.726. The van der Waals surface area contributed by atoms with Gasteiger partial charge in [-0.1, -0.05) is 66.7 Å². The fraction of sp³-hybridized carbons (Fsp3) is 0.107. The molecule has 142 valence electrons. The number of hydrogen-bond acceptors (Lipinski definition) is 1. The maximum Gasteiger partial charge on any atom is 0.303 e. The number of carboxylic acid groups (broad SMARTS) is 1. The van der Waals surface area contributed by atoms with Crippen molar-refractivity contribution in [1.82, 2.24) is 0 Å². The molecule has 0 fully saturated rings. The van der Waals surface area contributed by atoms with Crippen molar-refractivity contribution in [2.45, 2.75) is 19.3 Å². The molecule has 0 aromatic heterocycles. The average Bonchev–Trinajstić information content (AvgIpc) is 2.77. The number of carbonyl (C=O) groups is 1. The van der Waals surface area contributed by atoms with E-state index in [-0.39, 0.29) is 6.42 Å². The highest BCUT2D eigenvalue weighted by atomic mass is 16.4.